The Bertz CT molecular complexity index is 965. The Balaban J connectivity index is 1.79. The molecule has 1 N–H and O–H groups in total. The summed E-state index contributed by atoms with van der Waals surface area (Å²) < 4.78 is 11.2. The van der Waals surface area contributed by atoms with Crippen molar-refractivity contribution < 1.29 is 14.3 Å². The van der Waals surface area contributed by atoms with Gasteiger partial charge in [0.1, 0.15) is 11.5 Å². The average Bonchev–Trinajstić information content (AvgIpc) is 2.73. The highest BCUT2D eigenvalue weighted by molar-refractivity contribution is 6.03. The Morgan fingerprint density at radius 3 is 2.54 bits per heavy atom. The topological polar surface area (TPSA) is 59.9 Å². The van der Waals surface area contributed by atoms with Crippen molar-refractivity contribution in [2.45, 2.75) is 20.3 Å². The van der Waals surface area contributed by atoms with E-state index in [4.69, 9.17) is 9.47 Å². The summed E-state index contributed by atoms with van der Waals surface area (Å²) in [6, 6.07) is 18.9. The zero-order chi connectivity index (χ0) is 19.8. The SMILES string of the molecule is CCCOc1ccc2ccccc2c1/C=N\NC(=O)c1ccc(OCC)cc1. The molecule has 3 rings (SSSR count). The number of hydrazone groups is 1. The molecule has 0 saturated heterocycles. The molecular formula is C23H24N2O3. The molecule has 5 nitrogen and oxygen atoms in total. The lowest BCUT2D eigenvalue weighted by molar-refractivity contribution is 0.0955. The maximum absolute atomic E-state index is 12.3. The Kier molecular flexibility index (Phi) is 6.63. The predicted molar refractivity (Wildman–Crippen MR) is 112 cm³/mol. The van der Waals surface area contributed by atoms with Gasteiger partial charge in [-0.1, -0.05) is 37.3 Å². The molecule has 5 heteroatoms. The van der Waals surface area contributed by atoms with Gasteiger partial charge in [-0.2, -0.15) is 5.10 Å². The van der Waals surface area contributed by atoms with Gasteiger partial charge in [-0.25, -0.2) is 5.43 Å². The lowest BCUT2D eigenvalue weighted by atomic mass is 10.0. The van der Waals surface area contributed by atoms with Crippen molar-refractivity contribution in [2.24, 2.45) is 5.10 Å². The van der Waals surface area contributed by atoms with Crippen molar-refractivity contribution in [3.05, 3.63) is 71.8 Å². The molecule has 1 amide bonds. The molecule has 0 aliphatic carbocycles. The summed E-state index contributed by atoms with van der Waals surface area (Å²) >= 11 is 0. The Morgan fingerprint density at radius 1 is 1.00 bits per heavy atom. The lowest BCUT2D eigenvalue weighted by Gasteiger charge is -2.11. The number of benzene rings is 3. The van der Waals surface area contributed by atoms with Gasteiger partial charge in [-0.05, 0) is 54.4 Å². The van der Waals surface area contributed by atoms with Crippen molar-refractivity contribution >= 4 is 22.9 Å². The fourth-order valence-corrected chi connectivity index (χ4v) is 2.84. The fraction of sp³-hybridized carbons (Fsp3) is 0.217. The van der Waals surface area contributed by atoms with E-state index >= 15 is 0 Å². The van der Waals surface area contributed by atoms with Crippen LogP contribution in [0.5, 0.6) is 11.5 Å². The van der Waals surface area contributed by atoms with E-state index < -0.39 is 0 Å². The van der Waals surface area contributed by atoms with Crippen molar-refractivity contribution in [1.82, 2.24) is 5.43 Å². The van der Waals surface area contributed by atoms with Gasteiger partial charge in [0.05, 0.1) is 19.4 Å². The number of nitrogens with one attached hydrogen (secondary N) is 1. The molecule has 0 spiro atoms. The molecule has 0 fully saturated rings. The van der Waals surface area contributed by atoms with Crippen LogP contribution >= 0.6 is 0 Å². The second-order valence-corrected chi connectivity index (χ2v) is 6.20. The maximum atomic E-state index is 12.3. The van der Waals surface area contributed by atoms with Crippen molar-refractivity contribution in [3.63, 3.8) is 0 Å². The highest BCUT2D eigenvalue weighted by Crippen LogP contribution is 2.26. The largest absolute Gasteiger partial charge is 0.494 e. The molecule has 3 aromatic rings. The van der Waals surface area contributed by atoms with Gasteiger partial charge in [-0.3, -0.25) is 4.79 Å². The third-order valence-corrected chi connectivity index (χ3v) is 4.18. The third-order valence-electron chi connectivity index (χ3n) is 4.18. The van der Waals surface area contributed by atoms with Crippen LogP contribution in [-0.2, 0) is 0 Å². The molecule has 0 atom stereocenters. The third kappa shape index (κ3) is 4.68. The first-order valence-electron chi connectivity index (χ1n) is 9.43. The fourth-order valence-electron chi connectivity index (χ4n) is 2.84. The van der Waals surface area contributed by atoms with Crippen molar-refractivity contribution in [1.29, 1.82) is 0 Å². The highest BCUT2D eigenvalue weighted by atomic mass is 16.5. The monoisotopic (exact) mass is 376 g/mol. The summed E-state index contributed by atoms with van der Waals surface area (Å²) in [7, 11) is 0. The van der Waals surface area contributed by atoms with E-state index in [9.17, 15) is 4.79 Å². The highest BCUT2D eigenvalue weighted by Gasteiger charge is 2.08. The quantitative estimate of drug-likeness (QED) is 0.454. The minimum atomic E-state index is -0.282. The average molecular weight is 376 g/mol. The molecule has 0 saturated carbocycles. The standard InChI is InChI=1S/C23H24N2O3/c1-3-15-28-22-14-11-17-7-5-6-8-20(17)21(22)16-24-25-23(26)18-9-12-19(13-10-18)27-4-2/h5-14,16H,3-4,15H2,1-2H3,(H,25,26)/b24-16-. The molecule has 0 heterocycles. The zero-order valence-electron chi connectivity index (χ0n) is 16.1. The predicted octanol–water partition coefficient (Wildman–Crippen LogP) is 4.79. The second kappa shape index (κ2) is 9.55. The zero-order valence-corrected chi connectivity index (χ0v) is 16.1. The lowest BCUT2D eigenvalue weighted by Crippen LogP contribution is -2.17. The van der Waals surface area contributed by atoms with E-state index in [2.05, 4.69) is 17.5 Å². The van der Waals surface area contributed by atoms with Gasteiger partial charge in [0, 0.05) is 11.1 Å². The molecule has 0 bridgehead atoms. The van der Waals surface area contributed by atoms with Gasteiger partial charge >= 0.3 is 0 Å². The van der Waals surface area contributed by atoms with Gasteiger partial charge < -0.3 is 9.47 Å². The number of rotatable bonds is 8. The summed E-state index contributed by atoms with van der Waals surface area (Å²) in [4.78, 5) is 12.3. The number of hydrogen-bond acceptors (Lipinski definition) is 4. The Morgan fingerprint density at radius 2 is 1.79 bits per heavy atom. The summed E-state index contributed by atoms with van der Waals surface area (Å²) in [5.41, 5.74) is 3.94. The molecule has 0 aliphatic rings. The maximum Gasteiger partial charge on any atom is 0.271 e. The molecule has 0 radical (unpaired) electrons. The summed E-state index contributed by atoms with van der Waals surface area (Å²) in [6.45, 7) is 5.19. The summed E-state index contributed by atoms with van der Waals surface area (Å²) in [5.74, 6) is 1.20. The minimum absolute atomic E-state index is 0.282. The molecule has 144 valence electrons. The normalized spacial score (nSPS) is 10.9. The van der Waals surface area contributed by atoms with Crippen molar-refractivity contribution in [3.8, 4) is 11.5 Å². The van der Waals surface area contributed by atoms with Crippen LogP contribution in [0.2, 0.25) is 0 Å². The Labute approximate surface area is 165 Å². The van der Waals surface area contributed by atoms with Gasteiger partial charge in [0.2, 0.25) is 0 Å². The number of ether oxygens (including phenoxy) is 2. The van der Waals surface area contributed by atoms with Gasteiger partial charge in [0.25, 0.3) is 5.91 Å². The van der Waals surface area contributed by atoms with Crippen LogP contribution in [0.15, 0.2) is 65.8 Å². The summed E-state index contributed by atoms with van der Waals surface area (Å²) in [6.07, 6.45) is 2.55. The van der Waals surface area contributed by atoms with Crippen LogP contribution in [0.3, 0.4) is 0 Å². The molecular weight excluding hydrogens is 352 g/mol. The number of amides is 1. The van der Waals surface area contributed by atoms with E-state index in [0.29, 0.717) is 18.8 Å². The first kappa shape index (κ1) is 19.4. The molecule has 3 aromatic carbocycles. The number of carbonyl (C=O) groups is 1. The van der Waals surface area contributed by atoms with Crippen molar-refractivity contribution in [2.75, 3.05) is 13.2 Å². The van der Waals surface area contributed by atoms with E-state index in [0.717, 1.165) is 34.3 Å². The Hall–Kier alpha value is -3.34. The number of fused-ring (bicyclic) bond motifs is 1. The van der Waals surface area contributed by atoms with Crippen LogP contribution in [0, 0.1) is 0 Å². The first-order chi connectivity index (χ1) is 13.7. The number of hydrogen-bond donors (Lipinski definition) is 1. The smallest absolute Gasteiger partial charge is 0.271 e. The molecule has 0 aliphatic heterocycles. The van der Waals surface area contributed by atoms with Crippen LogP contribution in [0.25, 0.3) is 10.8 Å². The summed E-state index contributed by atoms with van der Waals surface area (Å²) in [5, 5.41) is 6.27. The second-order valence-electron chi connectivity index (χ2n) is 6.20. The van der Waals surface area contributed by atoms with Gasteiger partial charge in [0.15, 0.2) is 0 Å². The number of nitrogens with zero attached hydrogens (tertiary/aromatic N) is 1. The van der Waals surface area contributed by atoms with Crippen LogP contribution in [0.1, 0.15) is 36.2 Å². The van der Waals surface area contributed by atoms with E-state index in [1.807, 2.05) is 43.3 Å². The van der Waals surface area contributed by atoms with Crippen LogP contribution < -0.4 is 14.9 Å². The molecule has 28 heavy (non-hydrogen) atoms. The van der Waals surface area contributed by atoms with E-state index in [-0.39, 0.29) is 5.91 Å². The molecule has 0 aromatic heterocycles. The van der Waals surface area contributed by atoms with Gasteiger partial charge in [-0.15, -0.1) is 0 Å². The number of carbonyl (C=O) groups excluding carboxylic acids is 1. The molecule has 0 unspecified atom stereocenters. The van der Waals surface area contributed by atoms with Crippen LogP contribution in [0.4, 0.5) is 0 Å². The van der Waals surface area contributed by atoms with E-state index in [1.165, 1.54) is 0 Å². The van der Waals surface area contributed by atoms with E-state index in [1.54, 1.807) is 30.5 Å². The van der Waals surface area contributed by atoms with Crippen LogP contribution in [-0.4, -0.2) is 25.3 Å². The first-order valence-corrected chi connectivity index (χ1v) is 9.43. The minimum Gasteiger partial charge on any atom is -0.494 e.